The van der Waals surface area contributed by atoms with Gasteiger partial charge in [-0.05, 0) is 32.9 Å². The molecule has 0 aliphatic carbocycles. The van der Waals surface area contributed by atoms with E-state index in [1.54, 1.807) is 37.5 Å². The lowest BCUT2D eigenvalue weighted by Gasteiger charge is -2.13. The molecule has 28 heavy (non-hydrogen) atoms. The van der Waals surface area contributed by atoms with Gasteiger partial charge in [0.2, 0.25) is 5.91 Å². The first-order valence-electron chi connectivity index (χ1n) is 8.65. The Morgan fingerprint density at radius 3 is 2.32 bits per heavy atom. The Morgan fingerprint density at radius 2 is 1.68 bits per heavy atom. The van der Waals surface area contributed by atoms with Crippen LogP contribution in [0.5, 0.6) is 0 Å². The molecule has 2 N–H and O–H groups in total. The van der Waals surface area contributed by atoms with Crippen LogP contribution in [0, 0.1) is 20.8 Å². The number of thiazole rings is 1. The Balaban J connectivity index is 1.70. The third kappa shape index (κ3) is 4.52. The minimum Gasteiger partial charge on any atom is -0.340 e. The monoisotopic (exact) mass is 396 g/mol. The van der Waals surface area contributed by atoms with Gasteiger partial charge in [0.1, 0.15) is 11.4 Å². The van der Waals surface area contributed by atoms with Gasteiger partial charge in [0, 0.05) is 29.2 Å². The van der Waals surface area contributed by atoms with E-state index in [4.69, 9.17) is 0 Å². The van der Waals surface area contributed by atoms with Gasteiger partial charge >= 0.3 is 0 Å². The summed E-state index contributed by atoms with van der Waals surface area (Å²) in [4.78, 5) is 41.1. The zero-order chi connectivity index (χ0) is 20.3. The van der Waals surface area contributed by atoms with Crippen LogP contribution in [0.1, 0.15) is 26.8 Å². The number of nitrogens with zero attached hydrogens (tertiary/aromatic N) is 2. The maximum absolute atomic E-state index is 12.5. The van der Waals surface area contributed by atoms with Crippen molar-refractivity contribution in [2.24, 2.45) is 0 Å². The summed E-state index contributed by atoms with van der Waals surface area (Å²) in [5.74, 6) is -0.549. The Hall–Kier alpha value is -3.26. The molecule has 2 amide bonds. The number of rotatable bonds is 5. The number of nitrogens with one attached hydrogen (secondary N) is 2. The minimum absolute atomic E-state index is 0.0577. The summed E-state index contributed by atoms with van der Waals surface area (Å²) in [6.45, 7) is 5.34. The first kappa shape index (κ1) is 19.5. The molecular weight excluding hydrogens is 376 g/mol. The number of carbonyl (C=O) groups is 2. The van der Waals surface area contributed by atoms with Crippen molar-refractivity contribution in [2.45, 2.75) is 27.3 Å². The van der Waals surface area contributed by atoms with E-state index in [0.717, 1.165) is 11.3 Å². The molecule has 0 radical (unpaired) electrons. The molecule has 1 aromatic carbocycles. The van der Waals surface area contributed by atoms with Crippen molar-refractivity contribution in [1.82, 2.24) is 9.55 Å². The van der Waals surface area contributed by atoms with E-state index in [1.165, 1.54) is 12.1 Å². The lowest BCUT2D eigenvalue weighted by atomic mass is 10.3. The van der Waals surface area contributed by atoms with Crippen LogP contribution in [-0.2, 0) is 11.3 Å². The van der Waals surface area contributed by atoms with Gasteiger partial charge in [-0.2, -0.15) is 0 Å². The van der Waals surface area contributed by atoms with Crippen molar-refractivity contribution in [1.29, 1.82) is 0 Å². The molecule has 0 saturated carbocycles. The first-order chi connectivity index (χ1) is 13.3. The number of carbonyl (C=O) groups excluding carboxylic acids is 2. The second-order valence-electron chi connectivity index (χ2n) is 6.36. The lowest BCUT2D eigenvalue weighted by molar-refractivity contribution is -0.116. The Labute approximate surface area is 166 Å². The number of anilines is 2. The normalized spacial score (nSPS) is 10.5. The van der Waals surface area contributed by atoms with Gasteiger partial charge in [-0.3, -0.25) is 14.4 Å². The highest BCUT2D eigenvalue weighted by Crippen LogP contribution is 2.24. The van der Waals surface area contributed by atoms with E-state index in [1.807, 2.05) is 18.2 Å². The predicted octanol–water partition coefficient (Wildman–Crippen LogP) is 3.12. The number of aryl methyl sites for hydroxylation is 3. The molecule has 0 fully saturated rings. The molecular formula is C20H20N4O3S. The lowest BCUT2D eigenvalue weighted by Crippen LogP contribution is -2.23. The van der Waals surface area contributed by atoms with E-state index >= 15 is 0 Å². The van der Waals surface area contributed by atoms with Crippen LogP contribution in [0.3, 0.4) is 0 Å². The van der Waals surface area contributed by atoms with Crippen molar-refractivity contribution < 1.29 is 9.59 Å². The fraction of sp³-hybridized carbons (Fsp3) is 0.200. The molecule has 144 valence electrons. The molecule has 0 aliphatic rings. The number of hydrogen-bond acceptors (Lipinski definition) is 5. The minimum atomic E-state index is -0.279. The molecule has 3 aromatic rings. The Kier molecular flexibility index (Phi) is 5.70. The molecule has 8 heteroatoms. The van der Waals surface area contributed by atoms with E-state index in [-0.39, 0.29) is 23.8 Å². The van der Waals surface area contributed by atoms with Gasteiger partial charge in [0.25, 0.3) is 5.91 Å². The SMILES string of the molecule is Cc1nc(NC(=O)Cn2c(C)cc(=O)cc2C)sc1C(=O)Nc1ccccc1. The zero-order valence-corrected chi connectivity index (χ0v) is 16.6. The zero-order valence-electron chi connectivity index (χ0n) is 15.8. The van der Waals surface area contributed by atoms with Crippen molar-refractivity contribution in [3.63, 3.8) is 0 Å². The third-order valence-electron chi connectivity index (χ3n) is 4.14. The van der Waals surface area contributed by atoms with Gasteiger partial charge in [0.05, 0.1) is 5.69 Å². The van der Waals surface area contributed by atoms with Crippen molar-refractivity contribution in [2.75, 3.05) is 10.6 Å². The summed E-state index contributed by atoms with van der Waals surface area (Å²) < 4.78 is 1.75. The number of amides is 2. The number of hydrogen-bond donors (Lipinski definition) is 2. The summed E-state index contributed by atoms with van der Waals surface area (Å²) in [6.07, 6.45) is 0. The van der Waals surface area contributed by atoms with E-state index in [9.17, 15) is 14.4 Å². The van der Waals surface area contributed by atoms with Crippen LogP contribution in [0.15, 0.2) is 47.3 Å². The summed E-state index contributed by atoms with van der Waals surface area (Å²) in [5, 5.41) is 5.90. The molecule has 2 heterocycles. The van der Waals surface area contributed by atoms with Crippen LogP contribution in [0.4, 0.5) is 10.8 Å². The molecule has 0 aliphatic heterocycles. The summed E-state index contributed by atoms with van der Waals surface area (Å²) >= 11 is 1.12. The molecule has 0 atom stereocenters. The summed E-state index contributed by atoms with van der Waals surface area (Å²) in [6, 6.07) is 12.1. The second kappa shape index (κ2) is 8.18. The van der Waals surface area contributed by atoms with Crippen LogP contribution in [-0.4, -0.2) is 21.4 Å². The maximum atomic E-state index is 12.5. The van der Waals surface area contributed by atoms with Crippen molar-refractivity contribution in [3.05, 3.63) is 74.6 Å². The van der Waals surface area contributed by atoms with Gasteiger partial charge in [-0.25, -0.2) is 4.98 Å². The number of pyridine rings is 1. The topological polar surface area (TPSA) is 93.1 Å². The second-order valence-corrected chi connectivity index (χ2v) is 7.36. The van der Waals surface area contributed by atoms with Gasteiger partial charge in [0.15, 0.2) is 10.6 Å². The first-order valence-corrected chi connectivity index (χ1v) is 9.47. The van der Waals surface area contributed by atoms with Gasteiger partial charge < -0.3 is 15.2 Å². The quantitative estimate of drug-likeness (QED) is 0.693. The molecule has 0 spiro atoms. The Morgan fingerprint density at radius 1 is 1.04 bits per heavy atom. The Bertz CT molecular complexity index is 1060. The fourth-order valence-electron chi connectivity index (χ4n) is 2.81. The molecule has 0 bridgehead atoms. The van der Waals surface area contributed by atoms with Crippen LogP contribution >= 0.6 is 11.3 Å². The van der Waals surface area contributed by atoms with E-state index in [0.29, 0.717) is 32.8 Å². The van der Waals surface area contributed by atoms with Crippen LogP contribution in [0.25, 0.3) is 0 Å². The maximum Gasteiger partial charge on any atom is 0.267 e. The number of benzene rings is 1. The summed E-state index contributed by atoms with van der Waals surface area (Å²) in [5.41, 5.74) is 2.56. The molecule has 0 saturated heterocycles. The smallest absolute Gasteiger partial charge is 0.267 e. The standard InChI is InChI=1S/C20H20N4O3S/c1-12-9-16(25)10-13(2)24(12)11-17(26)23-20-21-14(3)18(28-20)19(27)22-15-7-5-4-6-8-15/h4-10H,11H2,1-3H3,(H,22,27)(H,21,23,26). The molecule has 2 aromatic heterocycles. The van der Waals surface area contributed by atoms with Crippen molar-refractivity contribution >= 4 is 34.0 Å². The average molecular weight is 396 g/mol. The highest BCUT2D eigenvalue weighted by atomic mass is 32.1. The predicted molar refractivity (Wildman–Crippen MR) is 110 cm³/mol. The fourth-order valence-corrected chi connectivity index (χ4v) is 3.69. The number of aromatic nitrogens is 2. The third-order valence-corrected chi connectivity index (χ3v) is 5.21. The highest BCUT2D eigenvalue weighted by Gasteiger charge is 2.17. The average Bonchev–Trinajstić information content (AvgIpc) is 2.99. The van der Waals surface area contributed by atoms with Crippen LogP contribution in [0.2, 0.25) is 0 Å². The largest absolute Gasteiger partial charge is 0.340 e. The van der Waals surface area contributed by atoms with Crippen LogP contribution < -0.4 is 16.1 Å². The van der Waals surface area contributed by atoms with Crippen molar-refractivity contribution in [3.8, 4) is 0 Å². The van der Waals surface area contributed by atoms with Gasteiger partial charge in [-0.15, -0.1) is 0 Å². The molecule has 3 rings (SSSR count). The molecule has 0 unspecified atom stereocenters. The number of para-hydroxylation sites is 1. The van der Waals surface area contributed by atoms with E-state index in [2.05, 4.69) is 15.6 Å². The molecule has 7 nitrogen and oxygen atoms in total. The summed E-state index contributed by atoms with van der Waals surface area (Å²) in [7, 11) is 0. The highest BCUT2D eigenvalue weighted by molar-refractivity contribution is 7.17. The van der Waals surface area contributed by atoms with Gasteiger partial charge in [-0.1, -0.05) is 29.5 Å². The van der Waals surface area contributed by atoms with E-state index < -0.39 is 0 Å².